The Kier molecular flexibility index (Phi) is 12.4. The van der Waals surface area contributed by atoms with Crippen LogP contribution < -0.4 is 0 Å². The maximum absolute atomic E-state index is 6.16. The molecule has 0 aliphatic heterocycles. The Labute approximate surface area is 223 Å². The average molecular weight is 507 g/mol. The van der Waals surface area contributed by atoms with E-state index in [1.54, 1.807) is 0 Å². The van der Waals surface area contributed by atoms with E-state index in [0.29, 0.717) is 6.61 Å². The molecule has 3 nitrogen and oxygen atoms in total. The van der Waals surface area contributed by atoms with Crippen molar-refractivity contribution >= 4 is 11.6 Å². The van der Waals surface area contributed by atoms with Gasteiger partial charge in [-0.25, -0.2) is 9.97 Å². The van der Waals surface area contributed by atoms with Crippen molar-refractivity contribution < 1.29 is 4.74 Å². The number of rotatable bonds is 16. The maximum atomic E-state index is 6.16. The normalized spacial score (nSPS) is 13.0. The molecule has 0 saturated carbocycles. The second-order valence-corrected chi connectivity index (χ2v) is 10.5. The fourth-order valence-corrected chi connectivity index (χ4v) is 4.41. The summed E-state index contributed by atoms with van der Waals surface area (Å²) in [6, 6.07) is 17.3. The standard InChI is InChI=1S/C32H43ClN2O/c1-4-6-7-8-9-10-11-12-27-22-34-32(35-23-27)30-19-17-29(18-20-30)28-15-13-26(14-16-28)21-25(3)36-24-31(33)5-2/h13-20,22-23,25,31H,4-12,21,24H2,1-3H3/t25-,31?/m0/s1. The second kappa shape index (κ2) is 15.8. The average Bonchev–Trinajstić information content (AvgIpc) is 2.92. The molecular weight excluding hydrogens is 464 g/mol. The summed E-state index contributed by atoms with van der Waals surface area (Å²) < 4.78 is 5.87. The first-order valence-corrected chi connectivity index (χ1v) is 14.3. The number of ether oxygens (including phenoxy) is 1. The zero-order valence-corrected chi connectivity index (χ0v) is 23.1. The van der Waals surface area contributed by atoms with E-state index in [1.807, 2.05) is 12.4 Å². The van der Waals surface area contributed by atoms with Crippen LogP contribution in [0, 0.1) is 0 Å². The molecule has 4 heteroatoms. The van der Waals surface area contributed by atoms with Gasteiger partial charge in [0.25, 0.3) is 0 Å². The zero-order valence-electron chi connectivity index (χ0n) is 22.4. The fraction of sp³-hybridized carbons (Fsp3) is 0.500. The minimum absolute atomic E-state index is 0.0936. The van der Waals surface area contributed by atoms with Gasteiger partial charge < -0.3 is 4.74 Å². The van der Waals surface area contributed by atoms with E-state index in [0.717, 1.165) is 30.7 Å². The molecule has 0 bridgehead atoms. The predicted molar refractivity (Wildman–Crippen MR) is 154 cm³/mol. The maximum Gasteiger partial charge on any atom is 0.159 e. The number of hydrogen-bond donors (Lipinski definition) is 0. The Balaban J connectivity index is 1.47. The molecular formula is C32H43ClN2O. The predicted octanol–water partition coefficient (Wildman–Crippen LogP) is 9.07. The van der Waals surface area contributed by atoms with E-state index in [4.69, 9.17) is 16.3 Å². The smallest absolute Gasteiger partial charge is 0.159 e. The number of nitrogens with zero attached hydrogens (tertiary/aromatic N) is 2. The Morgan fingerprint density at radius 2 is 1.28 bits per heavy atom. The molecule has 194 valence electrons. The SMILES string of the molecule is CCCCCCCCCc1cnc(-c2ccc(-c3ccc(C[C@H](C)OCC(Cl)CC)cc3)cc2)nc1. The highest BCUT2D eigenvalue weighted by Crippen LogP contribution is 2.24. The molecule has 1 heterocycles. The summed E-state index contributed by atoms with van der Waals surface area (Å²) in [5.41, 5.74) is 5.95. The lowest BCUT2D eigenvalue weighted by atomic mass is 10.0. The van der Waals surface area contributed by atoms with E-state index in [2.05, 4.69) is 79.3 Å². The van der Waals surface area contributed by atoms with E-state index < -0.39 is 0 Å². The summed E-state index contributed by atoms with van der Waals surface area (Å²) in [5, 5.41) is 0.0936. The third-order valence-electron chi connectivity index (χ3n) is 6.73. The Hall–Kier alpha value is -2.23. The Morgan fingerprint density at radius 3 is 1.89 bits per heavy atom. The van der Waals surface area contributed by atoms with Crippen LogP contribution in [0.2, 0.25) is 0 Å². The Morgan fingerprint density at radius 1 is 0.722 bits per heavy atom. The number of unbranched alkanes of at least 4 members (excludes halogenated alkanes) is 6. The molecule has 2 atom stereocenters. The van der Waals surface area contributed by atoms with Crippen molar-refractivity contribution in [1.29, 1.82) is 0 Å². The van der Waals surface area contributed by atoms with Crippen molar-refractivity contribution in [2.45, 2.75) is 96.5 Å². The first-order chi connectivity index (χ1) is 17.6. The van der Waals surface area contributed by atoms with E-state index in [9.17, 15) is 0 Å². The van der Waals surface area contributed by atoms with Gasteiger partial charge in [-0.3, -0.25) is 0 Å². The van der Waals surface area contributed by atoms with Gasteiger partial charge in [-0.05, 0) is 54.9 Å². The molecule has 0 fully saturated rings. The third-order valence-corrected chi connectivity index (χ3v) is 7.17. The third kappa shape index (κ3) is 9.67. The number of benzene rings is 2. The minimum atomic E-state index is 0.0936. The summed E-state index contributed by atoms with van der Waals surface area (Å²) in [7, 11) is 0. The molecule has 0 spiro atoms. The van der Waals surface area contributed by atoms with Crippen molar-refractivity contribution in [3.8, 4) is 22.5 Å². The number of aryl methyl sites for hydroxylation is 1. The van der Waals surface area contributed by atoms with Gasteiger partial charge in [-0.2, -0.15) is 0 Å². The van der Waals surface area contributed by atoms with Crippen molar-refractivity contribution in [2.75, 3.05) is 6.61 Å². The van der Waals surface area contributed by atoms with Crippen LogP contribution in [0.4, 0.5) is 0 Å². The molecule has 3 aromatic rings. The number of alkyl halides is 1. The first kappa shape index (κ1) is 28.3. The Bertz CT molecular complexity index is 986. The summed E-state index contributed by atoms with van der Waals surface area (Å²) in [4.78, 5) is 9.26. The van der Waals surface area contributed by atoms with Gasteiger partial charge in [0.05, 0.1) is 18.1 Å². The highest BCUT2D eigenvalue weighted by Gasteiger charge is 2.09. The van der Waals surface area contributed by atoms with Gasteiger partial charge in [0.2, 0.25) is 0 Å². The van der Waals surface area contributed by atoms with Crippen LogP contribution in [0.15, 0.2) is 60.9 Å². The van der Waals surface area contributed by atoms with Gasteiger partial charge >= 0.3 is 0 Å². The summed E-state index contributed by atoms with van der Waals surface area (Å²) in [6.45, 7) is 7.06. The number of hydrogen-bond acceptors (Lipinski definition) is 3. The van der Waals surface area contributed by atoms with Crippen LogP contribution in [-0.4, -0.2) is 28.1 Å². The summed E-state index contributed by atoms with van der Waals surface area (Å²) in [5.74, 6) is 0.788. The minimum Gasteiger partial charge on any atom is -0.377 e. The van der Waals surface area contributed by atoms with Crippen molar-refractivity contribution in [3.63, 3.8) is 0 Å². The van der Waals surface area contributed by atoms with Gasteiger partial charge in [-0.15, -0.1) is 11.6 Å². The molecule has 0 saturated heterocycles. The molecule has 1 aromatic heterocycles. The van der Waals surface area contributed by atoms with Gasteiger partial charge in [0.1, 0.15) is 0 Å². The molecule has 3 rings (SSSR count). The van der Waals surface area contributed by atoms with E-state index >= 15 is 0 Å². The van der Waals surface area contributed by atoms with Crippen LogP contribution >= 0.6 is 11.6 Å². The first-order valence-electron chi connectivity index (χ1n) is 13.8. The second-order valence-electron chi connectivity index (χ2n) is 9.91. The van der Waals surface area contributed by atoms with Crippen molar-refractivity contribution in [2.24, 2.45) is 0 Å². The molecule has 2 aromatic carbocycles. The molecule has 0 N–H and O–H groups in total. The van der Waals surface area contributed by atoms with E-state index in [1.165, 1.54) is 67.2 Å². The fourth-order valence-electron chi connectivity index (χ4n) is 4.34. The quantitative estimate of drug-likeness (QED) is 0.143. The zero-order chi connectivity index (χ0) is 25.6. The topological polar surface area (TPSA) is 35.0 Å². The monoisotopic (exact) mass is 506 g/mol. The van der Waals surface area contributed by atoms with Gasteiger partial charge in [-0.1, -0.05) is 101 Å². The van der Waals surface area contributed by atoms with E-state index in [-0.39, 0.29) is 11.5 Å². The van der Waals surface area contributed by atoms with Crippen molar-refractivity contribution in [3.05, 3.63) is 72.1 Å². The lowest BCUT2D eigenvalue weighted by Gasteiger charge is -2.15. The van der Waals surface area contributed by atoms with Crippen molar-refractivity contribution in [1.82, 2.24) is 9.97 Å². The number of halogens is 1. The molecule has 0 amide bonds. The van der Waals surface area contributed by atoms with Crippen LogP contribution in [0.25, 0.3) is 22.5 Å². The van der Waals surface area contributed by atoms with Gasteiger partial charge in [0.15, 0.2) is 5.82 Å². The van der Waals surface area contributed by atoms with Crippen LogP contribution in [0.3, 0.4) is 0 Å². The molecule has 0 aliphatic rings. The molecule has 1 unspecified atom stereocenters. The highest BCUT2D eigenvalue weighted by molar-refractivity contribution is 6.20. The van der Waals surface area contributed by atoms with Crippen LogP contribution in [-0.2, 0) is 17.6 Å². The highest BCUT2D eigenvalue weighted by atomic mass is 35.5. The summed E-state index contributed by atoms with van der Waals surface area (Å²) in [6.07, 6.45) is 16.3. The number of aromatic nitrogens is 2. The molecule has 0 radical (unpaired) electrons. The van der Waals surface area contributed by atoms with Gasteiger partial charge in [0, 0.05) is 18.0 Å². The lowest BCUT2D eigenvalue weighted by molar-refractivity contribution is 0.0661. The largest absolute Gasteiger partial charge is 0.377 e. The lowest BCUT2D eigenvalue weighted by Crippen LogP contribution is -2.17. The molecule has 36 heavy (non-hydrogen) atoms. The summed E-state index contributed by atoms with van der Waals surface area (Å²) >= 11 is 6.16. The molecule has 0 aliphatic carbocycles. The van der Waals surface area contributed by atoms with Crippen LogP contribution in [0.5, 0.6) is 0 Å². The van der Waals surface area contributed by atoms with Crippen LogP contribution in [0.1, 0.15) is 83.3 Å².